The van der Waals surface area contributed by atoms with Crippen LogP contribution >= 0.6 is 0 Å². The van der Waals surface area contributed by atoms with E-state index >= 15 is 0 Å². The van der Waals surface area contributed by atoms with E-state index in [1.54, 1.807) is 0 Å². The number of nitrogens with one attached hydrogen (secondary N) is 1. The molecule has 0 radical (unpaired) electrons. The van der Waals surface area contributed by atoms with Crippen LogP contribution in [-0.4, -0.2) is 80.6 Å². The van der Waals surface area contributed by atoms with Gasteiger partial charge < -0.3 is 19.5 Å². The summed E-state index contributed by atoms with van der Waals surface area (Å²) in [6.07, 6.45) is 0.237. The first-order valence-electron chi connectivity index (χ1n) is 6.19. The van der Waals surface area contributed by atoms with Gasteiger partial charge in [0.15, 0.2) is 0 Å². The van der Waals surface area contributed by atoms with Gasteiger partial charge in [0, 0.05) is 13.7 Å². The maximum atomic E-state index is 12.1. The molecule has 9 heteroatoms. The number of imide groups is 2. The van der Waals surface area contributed by atoms with Gasteiger partial charge in [-0.25, -0.2) is 14.5 Å². The molecule has 2 aliphatic rings. The molecule has 5 amide bonds. The van der Waals surface area contributed by atoms with Gasteiger partial charge in [0.1, 0.15) is 6.73 Å². The van der Waals surface area contributed by atoms with Gasteiger partial charge in [-0.1, -0.05) is 0 Å². The average molecular weight is 287 g/mol. The molecular weight excluding hydrogens is 270 g/mol. The fourth-order valence-corrected chi connectivity index (χ4v) is 1.53. The Morgan fingerprint density at radius 3 is 2.50 bits per heavy atom. The number of methoxy groups -OCH3 is 1. The lowest BCUT2D eigenvalue weighted by atomic mass is 10.4. The van der Waals surface area contributed by atoms with Crippen molar-refractivity contribution in [3.8, 4) is 0 Å². The van der Waals surface area contributed by atoms with Crippen LogP contribution in [0.3, 0.4) is 0 Å². The number of rotatable bonds is 7. The lowest BCUT2D eigenvalue weighted by Crippen LogP contribution is -2.51. The molecule has 2 aliphatic heterocycles. The molecule has 0 aromatic rings. The van der Waals surface area contributed by atoms with Crippen LogP contribution in [0, 0.1) is 0 Å². The molecule has 20 heavy (non-hydrogen) atoms. The number of hydrogen-bond donors (Lipinski definition) is 1. The number of carbonyl (C=O) groups excluding carboxylic acids is 3. The van der Waals surface area contributed by atoms with Crippen molar-refractivity contribution in [3.63, 3.8) is 0 Å². The van der Waals surface area contributed by atoms with E-state index in [0.29, 0.717) is 26.2 Å². The molecule has 112 valence electrons. The number of ether oxygens (including phenoxy) is 3. The minimum Gasteiger partial charge on any atom is -0.371 e. The zero-order chi connectivity index (χ0) is 14.5. The van der Waals surface area contributed by atoms with Crippen LogP contribution < -0.4 is 5.32 Å². The van der Waals surface area contributed by atoms with Crippen LogP contribution in [-0.2, 0) is 19.0 Å². The second-order valence-corrected chi connectivity index (χ2v) is 4.48. The Balaban J connectivity index is 1.90. The quantitative estimate of drug-likeness (QED) is 0.365. The monoisotopic (exact) mass is 287 g/mol. The molecule has 2 heterocycles. The number of amides is 5. The number of urea groups is 2. The summed E-state index contributed by atoms with van der Waals surface area (Å²) in [6, 6.07) is -1.37. The van der Waals surface area contributed by atoms with E-state index in [-0.39, 0.29) is 25.5 Å². The fourth-order valence-electron chi connectivity index (χ4n) is 1.53. The Morgan fingerprint density at radius 1 is 1.35 bits per heavy atom. The summed E-state index contributed by atoms with van der Waals surface area (Å²) in [5.41, 5.74) is 0. The van der Waals surface area contributed by atoms with Crippen molar-refractivity contribution in [1.29, 1.82) is 0 Å². The summed E-state index contributed by atoms with van der Waals surface area (Å²) in [6.45, 7) is 1.30. The lowest BCUT2D eigenvalue weighted by Gasteiger charge is -2.24. The predicted molar refractivity (Wildman–Crippen MR) is 64.8 cm³/mol. The fraction of sp³-hybridized carbons (Fsp3) is 0.727. The number of epoxide rings is 2. The summed E-state index contributed by atoms with van der Waals surface area (Å²) < 4.78 is 14.7. The highest BCUT2D eigenvalue weighted by Gasteiger charge is 2.33. The van der Waals surface area contributed by atoms with Gasteiger partial charge >= 0.3 is 12.1 Å². The van der Waals surface area contributed by atoms with Crippen LogP contribution in [0.5, 0.6) is 0 Å². The predicted octanol–water partition coefficient (Wildman–Crippen LogP) is -1.02. The summed E-state index contributed by atoms with van der Waals surface area (Å²) in [5.74, 6) is 0. The van der Waals surface area contributed by atoms with Crippen molar-refractivity contribution in [3.05, 3.63) is 0 Å². The maximum absolute atomic E-state index is 12.1. The van der Waals surface area contributed by atoms with E-state index < -0.39 is 12.1 Å². The zero-order valence-corrected chi connectivity index (χ0v) is 11.1. The molecule has 0 saturated carbocycles. The zero-order valence-electron chi connectivity index (χ0n) is 11.1. The Hall–Kier alpha value is -1.71. The Bertz CT molecular complexity index is 382. The van der Waals surface area contributed by atoms with Crippen molar-refractivity contribution < 1.29 is 28.6 Å². The van der Waals surface area contributed by atoms with Crippen LogP contribution in [0.15, 0.2) is 0 Å². The van der Waals surface area contributed by atoms with Crippen molar-refractivity contribution in [1.82, 2.24) is 15.1 Å². The minimum absolute atomic E-state index is 0.000449. The summed E-state index contributed by atoms with van der Waals surface area (Å²) in [5, 5.41) is 2.55. The summed E-state index contributed by atoms with van der Waals surface area (Å²) in [7, 11) is 1.35. The van der Waals surface area contributed by atoms with Crippen molar-refractivity contribution >= 4 is 18.5 Å². The molecule has 0 aliphatic carbocycles. The van der Waals surface area contributed by atoms with Crippen LogP contribution in [0.4, 0.5) is 9.59 Å². The number of nitrogens with zero attached hydrogens (tertiary/aromatic N) is 2. The van der Waals surface area contributed by atoms with E-state index in [2.05, 4.69) is 5.32 Å². The molecule has 0 aromatic heterocycles. The molecule has 1 N–H and O–H groups in total. The lowest BCUT2D eigenvalue weighted by molar-refractivity contribution is -0.116. The van der Waals surface area contributed by atoms with Gasteiger partial charge in [-0.3, -0.25) is 9.69 Å². The summed E-state index contributed by atoms with van der Waals surface area (Å²) >= 11 is 0. The molecule has 0 bridgehead atoms. The topological polar surface area (TPSA) is 104 Å². The third-order valence-electron chi connectivity index (χ3n) is 2.79. The molecule has 0 aromatic carbocycles. The van der Waals surface area contributed by atoms with E-state index in [1.165, 1.54) is 7.11 Å². The van der Waals surface area contributed by atoms with Gasteiger partial charge in [-0.05, 0) is 0 Å². The van der Waals surface area contributed by atoms with Crippen LogP contribution in [0.2, 0.25) is 0 Å². The number of carbonyl (C=O) groups is 3. The summed E-state index contributed by atoms with van der Waals surface area (Å²) in [4.78, 5) is 36.7. The molecule has 0 spiro atoms. The first-order chi connectivity index (χ1) is 9.65. The molecule has 2 unspecified atom stereocenters. The van der Waals surface area contributed by atoms with Crippen molar-refractivity contribution in [2.24, 2.45) is 0 Å². The SMILES string of the molecule is COCN(C(=O)NCC1CO1)C(=O)N(C=O)CC1CO1. The van der Waals surface area contributed by atoms with E-state index in [0.717, 1.165) is 9.80 Å². The van der Waals surface area contributed by atoms with Crippen molar-refractivity contribution in [2.45, 2.75) is 12.2 Å². The van der Waals surface area contributed by atoms with Gasteiger partial charge in [-0.2, -0.15) is 0 Å². The Kier molecular flexibility index (Phi) is 4.88. The number of hydrogen-bond acceptors (Lipinski definition) is 6. The molecule has 9 nitrogen and oxygen atoms in total. The normalized spacial score (nSPS) is 22.9. The second-order valence-electron chi connectivity index (χ2n) is 4.48. The smallest absolute Gasteiger partial charge is 0.336 e. The standard InChI is InChI=1S/C11H17N3O6/c1-18-7-14(10(16)12-2-8-4-19-8)11(17)13(6-15)3-9-5-20-9/h6,8-9H,2-5,7H2,1H3,(H,12,16). The van der Waals surface area contributed by atoms with E-state index in [1.807, 2.05) is 0 Å². The largest absolute Gasteiger partial charge is 0.371 e. The van der Waals surface area contributed by atoms with Gasteiger partial charge in [0.05, 0.1) is 32.0 Å². The third kappa shape index (κ3) is 4.15. The average Bonchev–Trinajstić information content (AvgIpc) is 3.33. The van der Waals surface area contributed by atoms with E-state index in [4.69, 9.17) is 14.2 Å². The minimum atomic E-state index is -0.744. The first-order valence-corrected chi connectivity index (χ1v) is 6.19. The van der Waals surface area contributed by atoms with Crippen molar-refractivity contribution in [2.75, 3.05) is 40.1 Å². The highest BCUT2D eigenvalue weighted by molar-refractivity contribution is 5.97. The van der Waals surface area contributed by atoms with E-state index in [9.17, 15) is 14.4 Å². The first kappa shape index (κ1) is 14.7. The molecule has 2 atom stereocenters. The maximum Gasteiger partial charge on any atom is 0.336 e. The van der Waals surface area contributed by atoms with Gasteiger partial charge in [-0.15, -0.1) is 0 Å². The molecular formula is C11H17N3O6. The Morgan fingerprint density at radius 2 is 2.00 bits per heavy atom. The second kappa shape index (κ2) is 6.64. The van der Waals surface area contributed by atoms with Crippen LogP contribution in [0.25, 0.3) is 0 Å². The van der Waals surface area contributed by atoms with Gasteiger partial charge in [0.25, 0.3) is 0 Å². The molecule has 2 fully saturated rings. The van der Waals surface area contributed by atoms with Crippen LogP contribution in [0.1, 0.15) is 0 Å². The van der Waals surface area contributed by atoms with Gasteiger partial charge in [0.2, 0.25) is 6.41 Å². The third-order valence-corrected chi connectivity index (χ3v) is 2.79. The Labute approximate surface area is 115 Å². The highest BCUT2D eigenvalue weighted by Crippen LogP contribution is 2.12. The molecule has 2 saturated heterocycles. The molecule has 2 rings (SSSR count). The highest BCUT2D eigenvalue weighted by atomic mass is 16.6.